The first-order valence-electron chi connectivity index (χ1n) is 11.4. The Bertz CT molecular complexity index is 777. The van der Waals surface area contributed by atoms with Crippen LogP contribution in [0.25, 0.3) is 0 Å². The van der Waals surface area contributed by atoms with E-state index in [2.05, 4.69) is 49.1 Å². The molecule has 0 radical (unpaired) electrons. The smallest absolute Gasteiger partial charge is 0.414 e. The topological polar surface area (TPSA) is 65.5 Å². The van der Waals surface area contributed by atoms with Crippen LogP contribution in [0.5, 0.6) is 0 Å². The first-order chi connectivity index (χ1) is 14.1. The second-order valence-corrected chi connectivity index (χ2v) is 16.6. The van der Waals surface area contributed by atoms with Crippen LogP contribution < -0.4 is 10.8 Å². The standard InChI is InChI=1S/C22H39BClN3O3Si/c1-20(2,3)31(8,9)28-16-12-10-15(11-13-16)26-18-17(14-25-19(24)27-18)23-29-21(4,5)22(6,7)30-23/h14-16H,10-13H2,1-9H3,(H,25,26,27). The number of aromatic nitrogens is 2. The molecule has 0 atom stereocenters. The Morgan fingerprint density at radius 2 is 1.65 bits per heavy atom. The molecule has 1 aliphatic carbocycles. The second-order valence-electron chi connectivity index (χ2n) is 11.5. The molecule has 6 nitrogen and oxygen atoms in total. The summed E-state index contributed by atoms with van der Waals surface area (Å²) in [5.74, 6) is 0.701. The van der Waals surface area contributed by atoms with Crippen molar-refractivity contribution in [1.29, 1.82) is 0 Å². The van der Waals surface area contributed by atoms with Gasteiger partial charge in [0, 0.05) is 23.8 Å². The molecule has 0 unspecified atom stereocenters. The lowest BCUT2D eigenvalue weighted by molar-refractivity contribution is 0.00578. The van der Waals surface area contributed by atoms with Crippen LogP contribution in [-0.4, -0.2) is 48.8 Å². The zero-order valence-corrected chi connectivity index (χ0v) is 22.4. The lowest BCUT2D eigenvalue weighted by Crippen LogP contribution is -2.45. The zero-order chi connectivity index (χ0) is 23.2. The number of nitrogens with zero attached hydrogens (tertiary/aromatic N) is 2. The van der Waals surface area contributed by atoms with Gasteiger partial charge in [-0.2, -0.15) is 0 Å². The van der Waals surface area contributed by atoms with Crippen LogP contribution in [0.1, 0.15) is 74.1 Å². The van der Waals surface area contributed by atoms with Crippen molar-refractivity contribution in [2.45, 2.75) is 116 Å². The Hall–Kier alpha value is -0.668. The Balaban J connectivity index is 1.66. The zero-order valence-electron chi connectivity index (χ0n) is 20.6. The molecule has 2 fully saturated rings. The summed E-state index contributed by atoms with van der Waals surface area (Å²) in [5.41, 5.74) is -0.0516. The average molecular weight is 468 g/mol. The average Bonchev–Trinajstić information content (AvgIpc) is 2.83. The van der Waals surface area contributed by atoms with Gasteiger partial charge in [-0.1, -0.05) is 20.8 Å². The quantitative estimate of drug-likeness (QED) is 0.476. The summed E-state index contributed by atoms with van der Waals surface area (Å²) in [6.07, 6.45) is 6.22. The van der Waals surface area contributed by atoms with E-state index in [1.165, 1.54) is 0 Å². The molecular formula is C22H39BClN3O3Si. The van der Waals surface area contributed by atoms with Gasteiger partial charge in [0.25, 0.3) is 0 Å². The van der Waals surface area contributed by atoms with Gasteiger partial charge in [-0.15, -0.1) is 0 Å². The SMILES string of the molecule is CC1(C)OB(c2cnc(Cl)nc2NC2CCC(O[Si](C)(C)C(C)(C)C)CC2)OC1(C)C. The molecular weight excluding hydrogens is 429 g/mol. The minimum Gasteiger partial charge on any atom is -0.414 e. The van der Waals surface area contributed by atoms with Crippen LogP contribution in [0, 0.1) is 0 Å². The van der Waals surface area contributed by atoms with Crippen molar-refractivity contribution in [1.82, 2.24) is 9.97 Å². The molecule has 2 aliphatic rings. The summed E-state index contributed by atoms with van der Waals surface area (Å²) < 4.78 is 19.1. The molecule has 1 N–H and O–H groups in total. The fourth-order valence-electron chi connectivity index (χ4n) is 3.74. The predicted molar refractivity (Wildman–Crippen MR) is 131 cm³/mol. The van der Waals surface area contributed by atoms with Gasteiger partial charge < -0.3 is 19.1 Å². The van der Waals surface area contributed by atoms with E-state index in [1.54, 1.807) is 6.20 Å². The molecule has 9 heteroatoms. The highest BCUT2D eigenvalue weighted by atomic mass is 35.5. The van der Waals surface area contributed by atoms with Crippen molar-refractivity contribution in [3.05, 3.63) is 11.5 Å². The Morgan fingerprint density at radius 3 is 2.16 bits per heavy atom. The van der Waals surface area contributed by atoms with Crippen molar-refractivity contribution < 1.29 is 13.7 Å². The third-order valence-corrected chi connectivity index (χ3v) is 12.3. The Kier molecular flexibility index (Phi) is 6.92. The van der Waals surface area contributed by atoms with E-state index >= 15 is 0 Å². The van der Waals surface area contributed by atoms with Gasteiger partial charge in [0.2, 0.25) is 5.28 Å². The highest BCUT2D eigenvalue weighted by Crippen LogP contribution is 2.40. The van der Waals surface area contributed by atoms with E-state index in [0.717, 1.165) is 31.1 Å². The lowest BCUT2D eigenvalue weighted by Gasteiger charge is -2.41. The van der Waals surface area contributed by atoms with E-state index in [4.69, 9.17) is 25.3 Å². The molecule has 1 aliphatic heterocycles. The predicted octanol–water partition coefficient (Wildman–Crippen LogP) is 5.17. The third kappa shape index (κ3) is 5.46. The molecule has 0 spiro atoms. The number of hydrogen-bond donors (Lipinski definition) is 1. The first kappa shape index (κ1) is 25.0. The largest absolute Gasteiger partial charge is 0.500 e. The van der Waals surface area contributed by atoms with Crippen molar-refractivity contribution >= 4 is 38.3 Å². The van der Waals surface area contributed by atoms with Gasteiger partial charge in [0.05, 0.1) is 11.2 Å². The number of nitrogens with one attached hydrogen (secondary N) is 1. The molecule has 31 heavy (non-hydrogen) atoms. The highest BCUT2D eigenvalue weighted by molar-refractivity contribution is 6.74. The molecule has 2 heterocycles. The third-order valence-electron chi connectivity index (χ3n) is 7.58. The van der Waals surface area contributed by atoms with Crippen LogP contribution >= 0.6 is 11.6 Å². The van der Waals surface area contributed by atoms with Gasteiger partial charge in [-0.3, -0.25) is 0 Å². The summed E-state index contributed by atoms with van der Waals surface area (Å²) in [7, 11) is -2.27. The summed E-state index contributed by atoms with van der Waals surface area (Å²) >= 11 is 6.13. The van der Waals surface area contributed by atoms with E-state index in [9.17, 15) is 0 Å². The molecule has 174 valence electrons. The minimum atomic E-state index is -1.74. The van der Waals surface area contributed by atoms with Crippen LogP contribution in [-0.2, 0) is 13.7 Å². The Morgan fingerprint density at radius 1 is 1.10 bits per heavy atom. The van der Waals surface area contributed by atoms with Gasteiger partial charge >= 0.3 is 7.12 Å². The molecule has 1 aromatic heterocycles. The number of hydrogen-bond acceptors (Lipinski definition) is 6. The lowest BCUT2D eigenvalue weighted by atomic mass is 9.80. The molecule has 3 rings (SSSR count). The summed E-state index contributed by atoms with van der Waals surface area (Å²) in [6.45, 7) is 19.7. The van der Waals surface area contributed by atoms with Crippen molar-refractivity contribution in [3.8, 4) is 0 Å². The van der Waals surface area contributed by atoms with E-state index in [1.807, 2.05) is 27.7 Å². The van der Waals surface area contributed by atoms with E-state index in [-0.39, 0.29) is 10.3 Å². The summed E-state index contributed by atoms with van der Waals surface area (Å²) in [6, 6.07) is 0.311. The van der Waals surface area contributed by atoms with E-state index in [0.29, 0.717) is 18.0 Å². The molecule has 0 bridgehead atoms. The van der Waals surface area contributed by atoms with Crippen LogP contribution in [0.2, 0.25) is 23.4 Å². The molecule has 0 aromatic carbocycles. The maximum absolute atomic E-state index is 6.64. The number of anilines is 1. The summed E-state index contributed by atoms with van der Waals surface area (Å²) in [5, 5.41) is 4.05. The van der Waals surface area contributed by atoms with Crippen LogP contribution in [0.3, 0.4) is 0 Å². The molecule has 0 amide bonds. The van der Waals surface area contributed by atoms with E-state index < -0.39 is 26.6 Å². The highest BCUT2D eigenvalue weighted by Gasteiger charge is 2.52. The fourth-order valence-corrected chi connectivity index (χ4v) is 5.30. The monoisotopic (exact) mass is 467 g/mol. The summed E-state index contributed by atoms with van der Waals surface area (Å²) in [4.78, 5) is 8.66. The van der Waals surface area contributed by atoms with Crippen LogP contribution in [0.4, 0.5) is 5.82 Å². The second kappa shape index (κ2) is 8.60. The Labute approximate surface area is 194 Å². The molecule has 1 aromatic rings. The number of halogens is 1. The normalized spacial score (nSPS) is 26.2. The molecule has 1 saturated heterocycles. The van der Waals surface area contributed by atoms with Gasteiger partial charge in [0.15, 0.2) is 8.32 Å². The van der Waals surface area contributed by atoms with Gasteiger partial charge in [0.1, 0.15) is 5.82 Å². The van der Waals surface area contributed by atoms with Crippen molar-refractivity contribution in [2.24, 2.45) is 0 Å². The minimum absolute atomic E-state index is 0.220. The maximum Gasteiger partial charge on any atom is 0.500 e. The van der Waals surface area contributed by atoms with Crippen LogP contribution in [0.15, 0.2) is 6.20 Å². The van der Waals surface area contributed by atoms with Gasteiger partial charge in [-0.05, 0) is 83.1 Å². The van der Waals surface area contributed by atoms with Gasteiger partial charge in [-0.25, -0.2) is 9.97 Å². The first-order valence-corrected chi connectivity index (χ1v) is 14.7. The van der Waals surface area contributed by atoms with Crippen molar-refractivity contribution in [3.63, 3.8) is 0 Å². The number of rotatable bonds is 5. The molecule has 1 saturated carbocycles. The van der Waals surface area contributed by atoms with Crippen molar-refractivity contribution in [2.75, 3.05) is 5.32 Å². The maximum atomic E-state index is 6.64. The fraction of sp³-hybridized carbons (Fsp3) is 0.818.